The molecule has 0 saturated carbocycles. The minimum Gasteiger partial charge on any atom is -0.283 e. The van der Waals surface area contributed by atoms with E-state index in [4.69, 9.17) is 0 Å². The van der Waals surface area contributed by atoms with E-state index in [2.05, 4.69) is 23.2 Å². The van der Waals surface area contributed by atoms with Gasteiger partial charge in [-0.3, -0.25) is 5.10 Å². The van der Waals surface area contributed by atoms with Gasteiger partial charge in [-0.15, -0.1) is 0 Å². The van der Waals surface area contributed by atoms with Gasteiger partial charge in [-0.1, -0.05) is 19.8 Å². The van der Waals surface area contributed by atoms with E-state index in [0.29, 0.717) is 0 Å². The average Bonchev–Trinajstić information content (AvgIpc) is 2.37. The first-order chi connectivity index (χ1) is 5.33. The summed E-state index contributed by atoms with van der Waals surface area (Å²) in [5, 5.41) is 7.11. The summed E-state index contributed by atoms with van der Waals surface area (Å²) in [5.74, 6) is 0. The lowest BCUT2D eigenvalue weighted by molar-refractivity contribution is 0.705. The third-order valence-corrected chi connectivity index (χ3v) is 1.80. The van der Waals surface area contributed by atoms with Crippen molar-refractivity contribution in [2.45, 2.75) is 39.5 Å². The van der Waals surface area contributed by atoms with Crippen LogP contribution in [0.1, 0.15) is 37.6 Å². The Morgan fingerprint density at radius 1 is 1.45 bits per heavy atom. The molecule has 1 N–H and O–H groups in total. The third-order valence-electron chi connectivity index (χ3n) is 1.80. The van der Waals surface area contributed by atoms with Gasteiger partial charge in [-0.2, -0.15) is 5.10 Å². The molecule has 2 heteroatoms. The third kappa shape index (κ3) is 2.74. The van der Waals surface area contributed by atoms with Crippen LogP contribution >= 0.6 is 0 Å². The summed E-state index contributed by atoms with van der Waals surface area (Å²) in [6.07, 6.45) is 4.98. The van der Waals surface area contributed by atoms with E-state index in [-0.39, 0.29) is 0 Å². The fourth-order valence-electron chi connectivity index (χ4n) is 1.16. The summed E-state index contributed by atoms with van der Waals surface area (Å²) >= 11 is 0. The first kappa shape index (κ1) is 8.31. The molecule has 1 aromatic rings. The van der Waals surface area contributed by atoms with Crippen LogP contribution in [0, 0.1) is 6.92 Å². The molecule has 0 unspecified atom stereocenters. The van der Waals surface area contributed by atoms with E-state index in [1.807, 2.05) is 6.92 Å². The Bertz CT molecular complexity index is 203. The van der Waals surface area contributed by atoms with Crippen LogP contribution in [0.4, 0.5) is 0 Å². The molecule has 0 bridgehead atoms. The summed E-state index contributed by atoms with van der Waals surface area (Å²) in [6, 6.07) is 2.12. The number of hydrogen-bond acceptors (Lipinski definition) is 1. The second-order valence-electron chi connectivity index (χ2n) is 3.00. The summed E-state index contributed by atoms with van der Waals surface area (Å²) in [5.41, 5.74) is 2.37. The van der Waals surface area contributed by atoms with Crippen LogP contribution in [0.25, 0.3) is 0 Å². The molecule has 0 amide bonds. The van der Waals surface area contributed by atoms with E-state index in [1.54, 1.807) is 0 Å². The number of aryl methyl sites for hydroxylation is 2. The Morgan fingerprint density at radius 3 is 2.82 bits per heavy atom. The maximum atomic E-state index is 4.16. The summed E-state index contributed by atoms with van der Waals surface area (Å²) in [7, 11) is 0. The van der Waals surface area contributed by atoms with Crippen molar-refractivity contribution in [1.29, 1.82) is 0 Å². The highest BCUT2D eigenvalue weighted by molar-refractivity contribution is 5.06. The Morgan fingerprint density at radius 2 is 2.27 bits per heavy atom. The monoisotopic (exact) mass is 152 g/mol. The van der Waals surface area contributed by atoms with Crippen LogP contribution in [0.2, 0.25) is 0 Å². The van der Waals surface area contributed by atoms with Gasteiger partial charge in [0.2, 0.25) is 0 Å². The van der Waals surface area contributed by atoms with Crippen molar-refractivity contribution < 1.29 is 0 Å². The number of aromatic amines is 1. The lowest BCUT2D eigenvalue weighted by atomic mass is 10.1. The summed E-state index contributed by atoms with van der Waals surface area (Å²) < 4.78 is 0. The van der Waals surface area contributed by atoms with Crippen molar-refractivity contribution in [3.63, 3.8) is 0 Å². The first-order valence-corrected chi connectivity index (χ1v) is 4.34. The molecule has 0 spiro atoms. The van der Waals surface area contributed by atoms with E-state index < -0.39 is 0 Å². The van der Waals surface area contributed by atoms with Crippen molar-refractivity contribution in [3.05, 3.63) is 17.5 Å². The second-order valence-corrected chi connectivity index (χ2v) is 3.00. The predicted octanol–water partition coefficient (Wildman–Crippen LogP) is 2.45. The van der Waals surface area contributed by atoms with Gasteiger partial charge >= 0.3 is 0 Å². The molecule has 0 atom stereocenters. The molecule has 1 heterocycles. The van der Waals surface area contributed by atoms with Crippen molar-refractivity contribution in [3.8, 4) is 0 Å². The number of nitrogens with zero attached hydrogens (tertiary/aromatic N) is 1. The number of nitrogens with one attached hydrogen (secondary N) is 1. The lowest BCUT2D eigenvalue weighted by Gasteiger charge is -1.92. The van der Waals surface area contributed by atoms with Gasteiger partial charge < -0.3 is 0 Å². The summed E-state index contributed by atoms with van der Waals surface area (Å²) in [4.78, 5) is 0. The standard InChI is InChI=1S/C9H16N2/c1-3-4-5-6-9-7-8(2)10-11-9/h7H,3-6H2,1-2H3,(H,10,11). The Hall–Kier alpha value is -0.790. The molecule has 0 radical (unpaired) electrons. The van der Waals surface area contributed by atoms with E-state index in [0.717, 1.165) is 12.1 Å². The van der Waals surface area contributed by atoms with Gasteiger partial charge in [-0.25, -0.2) is 0 Å². The first-order valence-electron chi connectivity index (χ1n) is 4.34. The van der Waals surface area contributed by atoms with Gasteiger partial charge in [0.1, 0.15) is 0 Å². The molecule has 0 aliphatic carbocycles. The molecule has 2 nitrogen and oxygen atoms in total. The highest BCUT2D eigenvalue weighted by Gasteiger charge is 1.95. The van der Waals surface area contributed by atoms with Crippen LogP contribution in [0.3, 0.4) is 0 Å². The molecule has 0 fully saturated rings. The maximum absolute atomic E-state index is 4.16. The normalized spacial score (nSPS) is 10.4. The summed E-state index contributed by atoms with van der Waals surface area (Å²) in [6.45, 7) is 4.26. The van der Waals surface area contributed by atoms with Crippen molar-refractivity contribution in [1.82, 2.24) is 10.2 Å². The van der Waals surface area contributed by atoms with Gasteiger partial charge in [0.15, 0.2) is 0 Å². The van der Waals surface area contributed by atoms with Gasteiger partial charge in [-0.05, 0) is 25.8 Å². The quantitative estimate of drug-likeness (QED) is 0.659. The molecule has 1 aromatic heterocycles. The van der Waals surface area contributed by atoms with Crippen LogP contribution in [-0.2, 0) is 6.42 Å². The Kier molecular flexibility index (Phi) is 3.14. The van der Waals surface area contributed by atoms with Crippen molar-refractivity contribution in [2.24, 2.45) is 0 Å². The Balaban J connectivity index is 2.27. The fourth-order valence-corrected chi connectivity index (χ4v) is 1.16. The molecule has 0 aromatic carbocycles. The minimum atomic E-state index is 1.12. The predicted molar refractivity (Wildman–Crippen MR) is 46.6 cm³/mol. The number of rotatable bonds is 4. The zero-order valence-corrected chi connectivity index (χ0v) is 7.35. The van der Waals surface area contributed by atoms with Crippen molar-refractivity contribution in [2.75, 3.05) is 0 Å². The second kappa shape index (κ2) is 4.16. The number of aromatic nitrogens is 2. The lowest BCUT2D eigenvalue weighted by Crippen LogP contribution is -1.84. The molecule has 0 aliphatic heterocycles. The van der Waals surface area contributed by atoms with E-state index in [9.17, 15) is 0 Å². The number of hydrogen-bond donors (Lipinski definition) is 1. The van der Waals surface area contributed by atoms with Crippen molar-refractivity contribution >= 4 is 0 Å². The largest absolute Gasteiger partial charge is 0.283 e. The minimum absolute atomic E-state index is 1.12. The van der Waals surface area contributed by atoms with E-state index in [1.165, 1.54) is 25.0 Å². The maximum Gasteiger partial charge on any atom is 0.0624 e. The highest BCUT2D eigenvalue weighted by atomic mass is 15.1. The van der Waals surface area contributed by atoms with Gasteiger partial charge in [0.25, 0.3) is 0 Å². The van der Waals surface area contributed by atoms with Crippen LogP contribution in [0.15, 0.2) is 6.07 Å². The fraction of sp³-hybridized carbons (Fsp3) is 0.667. The van der Waals surface area contributed by atoms with Crippen LogP contribution in [0.5, 0.6) is 0 Å². The molecule has 0 saturated heterocycles. The smallest absolute Gasteiger partial charge is 0.0624 e. The van der Waals surface area contributed by atoms with Gasteiger partial charge in [0.05, 0.1) is 5.69 Å². The molecular weight excluding hydrogens is 136 g/mol. The SMILES string of the molecule is CCCCCc1cc(C)[nH]n1. The van der Waals surface area contributed by atoms with E-state index >= 15 is 0 Å². The number of H-pyrrole nitrogens is 1. The topological polar surface area (TPSA) is 28.7 Å². The molecular formula is C9H16N2. The molecule has 1 rings (SSSR count). The highest BCUT2D eigenvalue weighted by Crippen LogP contribution is 2.04. The Labute approximate surface area is 68.0 Å². The number of unbranched alkanes of at least 4 members (excludes halogenated alkanes) is 2. The van der Waals surface area contributed by atoms with Crippen LogP contribution < -0.4 is 0 Å². The zero-order valence-electron chi connectivity index (χ0n) is 7.35. The van der Waals surface area contributed by atoms with Crippen LogP contribution in [-0.4, -0.2) is 10.2 Å². The van der Waals surface area contributed by atoms with Gasteiger partial charge in [0, 0.05) is 5.69 Å². The average molecular weight is 152 g/mol. The molecule has 62 valence electrons. The zero-order chi connectivity index (χ0) is 8.10. The molecule has 11 heavy (non-hydrogen) atoms. The molecule has 0 aliphatic rings.